The number of carbonyl (C=O) groups excluding carboxylic acids is 1. The Labute approximate surface area is 156 Å². The monoisotopic (exact) mass is 368 g/mol. The molecule has 1 saturated carbocycles. The molecule has 5 nitrogen and oxygen atoms in total. The minimum absolute atomic E-state index is 0. The number of hydrogen-bond donors (Lipinski definition) is 1. The maximum Gasteiger partial charge on any atom is 0.226 e. The van der Waals surface area contributed by atoms with Gasteiger partial charge in [0.1, 0.15) is 17.6 Å². The van der Waals surface area contributed by atoms with Gasteiger partial charge in [-0.1, -0.05) is 0 Å². The van der Waals surface area contributed by atoms with Crippen molar-refractivity contribution in [3.63, 3.8) is 0 Å². The molecule has 1 fully saturated rings. The van der Waals surface area contributed by atoms with Crippen LogP contribution in [0.5, 0.6) is 11.5 Å². The van der Waals surface area contributed by atoms with Crippen molar-refractivity contribution in [1.82, 2.24) is 10.2 Å². The number of benzene rings is 1. The van der Waals surface area contributed by atoms with E-state index in [2.05, 4.69) is 24.4 Å². The third-order valence-corrected chi connectivity index (χ3v) is 4.91. The molecule has 0 saturated heterocycles. The Morgan fingerprint density at radius 2 is 2.20 bits per heavy atom. The second-order valence-electron chi connectivity index (χ2n) is 6.88. The lowest BCUT2D eigenvalue weighted by Gasteiger charge is -2.17. The molecule has 3 atom stereocenters. The summed E-state index contributed by atoms with van der Waals surface area (Å²) in [7, 11) is 3.78. The quantitative estimate of drug-likeness (QED) is 0.803. The molecule has 1 heterocycles. The van der Waals surface area contributed by atoms with Gasteiger partial charge in [0.05, 0.1) is 6.61 Å². The van der Waals surface area contributed by atoms with Crippen LogP contribution in [0.25, 0.3) is 0 Å². The van der Waals surface area contributed by atoms with Crippen molar-refractivity contribution in [2.45, 2.75) is 38.7 Å². The van der Waals surface area contributed by atoms with Crippen molar-refractivity contribution in [3.8, 4) is 11.5 Å². The van der Waals surface area contributed by atoms with Crippen LogP contribution in [-0.4, -0.2) is 50.7 Å². The lowest BCUT2D eigenvalue weighted by atomic mass is 10.0. The van der Waals surface area contributed by atoms with E-state index in [-0.39, 0.29) is 36.3 Å². The van der Waals surface area contributed by atoms with Gasteiger partial charge >= 0.3 is 0 Å². The summed E-state index contributed by atoms with van der Waals surface area (Å²) in [5, 5.41) is 3.08. The summed E-state index contributed by atoms with van der Waals surface area (Å²) < 4.78 is 11.8. The standard InChI is InChI=1S/C19H28N2O3.ClH/c1-5-23-18-9-13-8-12(2)24-17(13)11-15(18)14-10-16(14)19(22)21(4)7-6-20-3;/h9,11-12,14,16,20H,5-8,10H2,1-4H3;1H. The number of carbonyl (C=O) groups is 1. The van der Waals surface area contributed by atoms with Crippen molar-refractivity contribution >= 4 is 18.3 Å². The van der Waals surface area contributed by atoms with Gasteiger partial charge in [0.25, 0.3) is 0 Å². The highest BCUT2D eigenvalue weighted by atomic mass is 35.5. The second kappa shape index (κ2) is 8.28. The van der Waals surface area contributed by atoms with Crippen LogP contribution >= 0.6 is 12.4 Å². The fourth-order valence-corrected chi connectivity index (χ4v) is 3.51. The fourth-order valence-electron chi connectivity index (χ4n) is 3.51. The van der Waals surface area contributed by atoms with Crippen molar-refractivity contribution in [3.05, 3.63) is 23.3 Å². The molecule has 0 aromatic heterocycles. The molecule has 1 amide bonds. The zero-order chi connectivity index (χ0) is 17.3. The number of amides is 1. The van der Waals surface area contributed by atoms with E-state index < -0.39 is 0 Å². The Balaban J connectivity index is 0.00000225. The smallest absolute Gasteiger partial charge is 0.226 e. The van der Waals surface area contributed by atoms with Crippen molar-refractivity contribution < 1.29 is 14.3 Å². The van der Waals surface area contributed by atoms with Crippen molar-refractivity contribution in [2.75, 3.05) is 33.8 Å². The Kier molecular flexibility index (Phi) is 6.58. The van der Waals surface area contributed by atoms with Gasteiger partial charge in [-0.2, -0.15) is 0 Å². The minimum Gasteiger partial charge on any atom is -0.494 e. The van der Waals surface area contributed by atoms with Crippen LogP contribution in [0.2, 0.25) is 0 Å². The number of ether oxygens (including phenoxy) is 2. The van der Waals surface area contributed by atoms with Crippen LogP contribution in [-0.2, 0) is 11.2 Å². The van der Waals surface area contributed by atoms with Crippen molar-refractivity contribution in [1.29, 1.82) is 0 Å². The number of likely N-dealkylation sites (N-methyl/N-ethyl adjacent to an activating group) is 2. The zero-order valence-electron chi connectivity index (χ0n) is 15.5. The average molecular weight is 369 g/mol. The van der Waals surface area contributed by atoms with Crippen molar-refractivity contribution in [2.24, 2.45) is 5.92 Å². The summed E-state index contributed by atoms with van der Waals surface area (Å²) in [6.07, 6.45) is 2.04. The summed E-state index contributed by atoms with van der Waals surface area (Å²) in [4.78, 5) is 14.4. The number of rotatable bonds is 7. The Bertz CT molecular complexity index is 623. The molecule has 3 rings (SSSR count). The molecule has 0 bridgehead atoms. The predicted octanol–water partition coefficient (Wildman–Crippen LogP) is 2.61. The van der Waals surface area contributed by atoms with E-state index >= 15 is 0 Å². The van der Waals surface area contributed by atoms with E-state index in [0.717, 1.165) is 43.0 Å². The minimum atomic E-state index is 0. The number of nitrogens with zero attached hydrogens (tertiary/aromatic N) is 1. The highest BCUT2D eigenvalue weighted by molar-refractivity contribution is 5.85. The number of nitrogens with one attached hydrogen (secondary N) is 1. The van der Waals surface area contributed by atoms with E-state index in [1.807, 2.05) is 25.9 Å². The van der Waals surface area contributed by atoms with Crippen LogP contribution in [0.4, 0.5) is 0 Å². The first-order valence-corrected chi connectivity index (χ1v) is 8.91. The third kappa shape index (κ3) is 4.21. The molecule has 1 aromatic carbocycles. The largest absolute Gasteiger partial charge is 0.494 e. The molecule has 0 spiro atoms. The van der Waals surface area contributed by atoms with E-state index in [4.69, 9.17) is 9.47 Å². The number of halogens is 1. The Hall–Kier alpha value is -1.46. The topological polar surface area (TPSA) is 50.8 Å². The molecule has 1 N–H and O–H groups in total. The normalized spacial score (nSPS) is 23.3. The molecule has 25 heavy (non-hydrogen) atoms. The molecular weight excluding hydrogens is 340 g/mol. The van der Waals surface area contributed by atoms with Gasteiger partial charge in [-0.3, -0.25) is 4.79 Å². The molecule has 3 unspecified atom stereocenters. The molecule has 6 heteroatoms. The van der Waals surface area contributed by atoms with Gasteiger partial charge in [-0.05, 0) is 39.4 Å². The third-order valence-electron chi connectivity index (χ3n) is 4.91. The molecule has 1 aliphatic carbocycles. The molecule has 0 radical (unpaired) electrons. The average Bonchev–Trinajstić information content (AvgIpc) is 3.26. The molecular formula is C19H29ClN2O3. The SMILES string of the molecule is CCOc1cc2c(cc1C1CC1C(=O)N(C)CCNC)OC(C)C2.Cl. The van der Waals surface area contributed by atoms with Gasteiger partial charge in [0.2, 0.25) is 5.91 Å². The first-order chi connectivity index (χ1) is 11.5. The van der Waals surface area contributed by atoms with E-state index in [1.54, 1.807) is 0 Å². The summed E-state index contributed by atoms with van der Waals surface area (Å²) in [6.45, 7) is 6.27. The Morgan fingerprint density at radius 1 is 1.44 bits per heavy atom. The molecule has 140 valence electrons. The number of fused-ring (bicyclic) bond motifs is 1. The van der Waals surface area contributed by atoms with Crippen LogP contribution in [0.15, 0.2) is 12.1 Å². The predicted molar refractivity (Wildman–Crippen MR) is 101 cm³/mol. The van der Waals surface area contributed by atoms with Crippen LogP contribution < -0.4 is 14.8 Å². The highest BCUT2D eigenvalue weighted by Gasteiger charge is 2.47. The van der Waals surface area contributed by atoms with Gasteiger partial charge in [0.15, 0.2) is 0 Å². The molecule has 2 aliphatic rings. The maximum atomic E-state index is 12.6. The zero-order valence-corrected chi connectivity index (χ0v) is 16.3. The number of hydrogen-bond acceptors (Lipinski definition) is 4. The summed E-state index contributed by atoms with van der Waals surface area (Å²) in [5.41, 5.74) is 2.34. The van der Waals surface area contributed by atoms with Gasteiger partial charge in [-0.15, -0.1) is 12.4 Å². The van der Waals surface area contributed by atoms with Crippen LogP contribution in [0.1, 0.15) is 37.3 Å². The van der Waals surface area contributed by atoms with E-state index in [9.17, 15) is 4.79 Å². The fraction of sp³-hybridized carbons (Fsp3) is 0.632. The summed E-state index contributed by atoms with van der Waals surface area (Å²) >= 11 is 0. The van der Waals surface area contributed by atoms with Gasteiger partial charge in [0, 0.05) is 49.5 Å². The van der Waals surface area contributed by atoms with Gasteiger partial charge in [-0.25, -0.2) is 0 Å². The van der Waals surface area contributed by atoms with E-state index in [0.29, 0.717) is 6.61 Å². The highest BCUT2D eigenvalue weighted by Crippen LogP contribution is 2.53. The summed E-state index contributed by atoms with van der Waals surface area (Å²) in [5.74, 6) is 2.44. The molecule has 1 aromatic rings. The molecule has 1 aliphatic heterocycles. The first-order valence-electron chi connectivity index (χ1n) is 8.91. The summed E-state index contributed by atoms with van der Waals surface area (Å²) in [6, 6.07) is 4.22. The maximum absolute atomic E-state index is 12.6. The second-order valence-corrected chi connectivity index (χ2v) is 6.88. The van der Waals surface area contributed by atoms with Crippen LogP contribution in [0.3, 0.4) is 0 Å². The van der Waals surface area contributed by atoms with E-state index in [1.165, 1.54) is 5.56 Å². The Morgan fingerprint density at radius 3 is 2.88 bits per heavy atom. The van der Waals surface area contributed by atoms with Gasteiger partial charge < -0.3 is 19.7 Å². The lowest BCUT2D eigenvalue weighted by Crippen LogP contribution is -2.34. The first kappa shape index (κ1) is 19.9. The van der Waals surface area contributed by atoms with Crippen LogP contribution in [0, 0.1) is 5.92 Å². The lowest BCUT2D eigenvalue weighted by molar-refractivity contribution is -0.131.